The molecule has 1 N–H and O–H groups in total. The first-order chi connectivity index (χ1) is 9.63. The van der Waals surface area contributed by atoms with Crippen LogP contribution >= 0.6 is 0 Å². The second kappa shape index (κ2) is 4.78. The lowest BCUT2D eigenvalue weighted by Crippen LogP contribution is -2.38. The molecule has 0 saturated carbocycles. The Morgan fingerprint density at radius 3 is 2.65 bits per heavy atom. The van der Waals surface area contributed by atoms with Crippen molar-refractivity contribution in [3.05, 3.63) is 20.8 Å². The minimum Gasteiger partial charge on any atom is -0.378 e. The second-order valence-corrected chi connectivity index (χ2v) is 4.75. The van der Waals surface area contributed by atoms with Crippen LogP contribution in [0.25, 0.3) is 11.2 Å². The predicted octanol–water partition coefficient (Wildman–Crippen LogP) is -0.720. The van der Waals surface area contributed by atoms with Gasteiger partial charge in [0.25, 0.3) is 5.56 Å². The molecule has 1 aliphatic rings. The van der Waals surface area contributed by atoms with Crippen molar-refractivity contribution < 1.29 is 4.74 Å². The van der Waals surface area contributed by atoms with Crippen LogP contribution in [0.4, 0.5) is 5.95 Å². The first-order valence-corrected chi connectivity index (χ1v) is 6.65. The highest BCUT2D eigenvalue weighted by atomic mass is 16.5. The van der Waals surface area contributed by atoms with E-state index in [-0.39, 0.29) is 0 Å². The van der Waals surface area contributed by atoms with Gasteiger partial charge in [-0.2, -0.15) is 0 Å². The van der Waals surface area contributed by atoms with Gasteiger partial charge in [-0.15, -0.1) is 0 Å². The van der Waals surface area contributed by atoms with E-state index in [1.165, 1.54) is 4.57 Å². The van der Waals surface area contributed by atoms with Gasteiger partial charge in [-0.05, 0) is 6.92 Å². The van der Waals surface area contributed by atoms with E-state index in [1.807, 2.05) is 11.5 Å². The van der Waals surface area contributed by atoms with Crippen molar-refractivity contribution in [3.8, 4) is 0 Å². The molecule has 20 heavy (non-hydrogen) atoms. The average Bonchev–Trinajstić information content (AvgIpc) is 2.86. The fourth-order valence-electron chi connectivity index (χ4n) is 2.56. The third-order valence-electron chi connectivity index (χ3n) is 3.59. The zero-order chi connectivity index (χ0) is 14.3. The van der Waals surface area contributed by atoms with Crippen LogP contribution in [0.2, 0.25) is 0 Å². The standard InChI is InChI=1S/C12H17N5O3/c1-3-17-10-8(9(18)14-12(19)15(10)2)13-11(17)16-4-6-20-7-5-16/h3-7H2,1-2H3,(H,14,18,19). The maximum absolute atomic E-state index is 11.9. The Morgan fingerprint density at radius 1 is 1.30 bits per heavy atom. The van der Waals surface area contributed by atoms with Gasteiger partial charge in [-0.3, -0.25) is 18.9 Å². The summed E-state index contributed by atoms with van der Waals surface area (Å²) in [6.07, 6.45) is 0. The lowest BCUT2D eigenvalue weighted by molar-refractivity contribution is 0.121. The Balaban J connectivity index is 2.28. The molecular formula is C12H17N5O3. The van der Waals surface area contributed by atoms with Gasteiger partial charge in [0, 0.05) is 26.7 Å². The first-order valence-electron chi connectivity index (χ1n) is 6.65. The number of nitrogens with one attached hydrogen (secondary N) is 1. The molecule has 1 fully saturated rings. The molecule has 0 atom stereocenters. The summed E-state index contributed by atoms with van der Waals surface area (Å²) in [5, 5.41) is 0. The molecule has 8 heteroatoms. The molecule has 108 valence electrons. The number of rotatable bonds is 2. The Kier molecular flexibility index (Phi) is 3.09. The van der Waals surface area contributed by atoms with E-state index in [0.29, 0.717) is 30.9 Å². The molecule has 0 aromatic carbocycles. The average molecular weight is 279 g/mol. The molecule has 2 aromatic heterocycles. The van der Waals surface area contributed by atoms with Gasteiger partial charge in [0.05, 0.1) is 13.2 Å². The largest absolute Gasteiger partial charge is 0.378 e. The third kappa shape index (κ3) is 1.83. The van der Waals surface area contributed by atoms with Crippen LogP contribution in [0.5, 0.6) is 0 Å². The molecule has 0 spiro atoms. The highest BCUT2D eigenvalue weighted by Gasteiger charge is 2.21. The number of aryl methyl sites for hydroxylation is 2. The summed E-state index contributed by atoms with van der Waals surface area (Å²) >= 11 is 0. The van der Waals surface area contributed by atoms with Crippen LogP contribution in [-0.4, -0.2) is 45.4 Å². The maximum Gasteiger partial charge on any atom is 0.329 e. The third-order valence-corrected chi connectivity index (χ3v) is 3.59. The summed E-state index contributed by atoms with van der Waals surface area (Å²) < 4.78 is 8.66. The quantitative estimate of drug-likeness (QED) is 0.784. The molecule has 0 bridgehead atoms. The number of morpholine rings is 1. The van der Waals surface area contributed by atoms with E-state index < -0.39 is 11.2 Å². The molecule has 0 aliphatic carbocycles. The highest BCUT2D eigenvalue weighted by Crippen LogP contribution is 2.20. The van der Waals surface area contributed by atoms with Gasteiger partial charge < -0.3 is 9.64 Å². The Hall–Kier alpha value is -2.09. The number of ether oxygens (including phenoxy) is 1. The Bertz CT molecular complexity index is 751. The molecule has 8 nitrogen and oxygen atoms in total. The molecule has 0 radical (unpaired) electrons. The van der Waals surface area contributed by atoms with Crippen molar-refractivity contribution in [1.29, 1.82) is 0 Å². The molecule has 0 amide bonds. The van der Waals surface area contributed by atoms with Crippen LogP contribution < -0.4 is 16.1 Å². The van der Waals surface area contributed by atoms with E-state index in [2.05, 4.69) is 14.9 Å². The first kappa shape index (κ1) is 12.9. The Morgan fingerprint density at radius 2 is 2.00 bits per heavy atom. The predicted molar refractivity (Wildman–Crippen MR) is 74.3 cm³/mol. The fraction of sp³-hybridized carbons (Fsp3) is 0.583. The van der Waals surface area contributed by atoms with E-state index >= 15 is 0 Å². The summed E-state index contributed by atoms with van der Waals surface area (Å²) in [5.74, 6) is 0.720. The number of aromatic nitrogens is 4. The van der Waals surface area contributed by atoms with E-state index in [9.17, 15) is 9.59 Å². The molecule has 1 aliphatic heterocycles. The van der Waals surface area contributed by atoms with Crippen molar-refractivity contribution >= 4 is 17.1 Å². The number of hydrogen-bond donors (Lipinski definition) is 1. The van der Waals surface area contributed by atoms with Gasteiger partial charge in [-0.25, -0.2) is 9.78 Å². The maximum atomic E-state index is 11.9. The van der Waals surface area contributed by atoms with Crippen LogP contribution in [-0.2, 0) is 18.3 Å². The van der Waals surface area contributed by atoms with Crippen molar-refractivity contribution in [2.24, 2.45) is 7.05 Å². The zero-order valence-electron chi connectivity index (χ0n) is 11.5. The van der Waals surface area contributed by atoms with Crippen molar-refractivity contribution in [2.75, 3.05) is 31.2 Å². The highest BCUT2D eigenvalue weighted by molar-refractivity contribution is 5.74. The van der Waals surface area contributed by atoms with Gasteiger partial charge in [-0.1, -0.05) is 0 Å². The smallest absolute Gasteiger partial charge is 0.329 e. The fourth-order valence-corrected chi connectivity index (χ4v) is 2.56. The number of H-pyrrole nitrogens is 1. The number of anilines is 1. The van der Waals surface area contributed by atoms with Crippen molar-refractivity contribution in [2.45, 2.75) is 13.5 Å². The van der Waals surface area contributed by atoms with Crippen LogP contribution in [0.3, 0.4) is 0 Å². The molecule has 3 rings (SSSR count). The molecule has 1 saturated heterocycles. The number of hydrogen-bond acceptors (Lipinski definition) is 5. The van der Waals surface area contributed by atoms with E-state index in [1.54, 1.807) is 7.05 Å². The number of imidazole rings is 1. The van der Waals surface area contributed by atoms with Crippen molar-refractivity contribution in [1.82, 2.24) is 19.1 Å². The SMILES string of the molecule is CCn1c(N2CCOCC2)nc2c(=O)[nH]c(=O)n(C)c21. The molecule has 2 aromatic rings. The van der Waals surface area contributed by atoms with Gasteiger partial charge in [0.1, 0.15) is 0 Å². The summed E-state index contributed by atoms with van der Waals surface area (Å²) in [4.78, 5) is 32.5. The van der Waals surface area contributed by atoms with Crippen LogP contribution in [0, 0.1) is 0 Å². The lowest BCUT2D eigenvalue weighted by Gasteiger charge is -2.28. The Labute approximate surface area is 114 Å². The number of nitrogens with zero attached hydrogens (tertiary/aromatic N) is 4. The molecule has 0 unspecified atom stereocenters. The summed E-state index contributed by atoms with van der Waals surface area (Å²) in [7, 11) is 1.64. The van der Waals surface area contributed by atoms with Crippen LogP contribution in [0.15, 0.2) is 9.59 Å². The lowest BCUT2D eigenvalue weighted by atomic mass is 10.4. The minimum atomic E-state index is -0.440. The summed E-state index contributed by atoms with van der Waals surface area (Å²) in [6.45, 7) is 5.35. The normalized spacial score (nSPS) is 16.0. The van der Waals surface area contributed by atoms with Crippen molar-refractivity contribution in [3.63, 3.8) is 0 Å². The van der Waals surface area contributed by atoms with E-state index in [4.69, 9.17) is 4.74 Å². The van der Waals surface area contributed by atoms with Gasteiger partial charge >= 0.3 is 5.69 Å². The zero-order valence-corrected chi connectivity index (χ0v) is 11.5. The minimum absolute atomic E-state index is 0.301. The van der Waals surface area contributed by atoms with Gasteiger partial charge in [0.2, 0.25) is 5.95 Å². The molecular weight excluding hydrogens is 262 g/mol. The number of fused-ring (bicyclic) bond motifs is 1. The number of aromatic amines is 1. The summed E-state index contributed by atoms with van der Waals surface area (Å²) in [6, 6.07) is 0. The second-order valence-electron chi connectivity index (χ2n) is 4.75. The van der Waals surface area contributed by atoms with E-state index in [0.717, 1.165) is 19.0 Å². The van der Waals surface area contributed by atoms with Crippen LogP contribution in [0.1, 0.15) is 6.92 Å². The molecule has 3 heterocycles. The summed E-state index contributed by atoms with van der Waals surface area (Å²) in [5.41, 5.74) is -0.00591. The monoisotopic (exact) mass is 279 g/mol. The van der Waals surface area contributed by atoms with Gasteiger partial charge in [0.15, 0.2) is 11.2 Å². The topological polar surface area (TPSA) is 85.2 Å².